The van der Waals surface area contributed by atoms with E-state index in [0.717, 1.165) is 25.9 Å². The number of carbonyl (C=O) groups excluding carboxylic acids is 1. The maximum Gasteiger partial charge on any atom is 0.289 e. The molecule has 0 N–H and O–H groups in total. The number of amides is 1. The molecule has 144 valence electrons. The predicted octanol–water partition coefficient (Wildman–Crippen LogP) is 0.942. The number of carbonyl (C=O) groups is 1. The Kier molecular flexibility index (Phi) is 5.05. The van der Waals surface area contributed by atoms with Crippen LogP contribution in [-0.4, -0.2) is 75.6 Å². The number of morpholine rings is 1. The molecule has 8 nitrogen and oxygen atoms in total. The molecule has 0 aromatic carbocycles. The maximum atomic E-state index is 12.9. The van der Waals surface area contributed by atoms with Crippen molar-refractivity contribution in [3.05, 3.63) is 17.9 Å². The van der Waals surface area contributed by atoms with Crippen molar-refractivity contribution in [2.75, 3.05) is 46.1 Å². The van der Waals surface area contributed by atoms with E-state index in [-0.39, 0.29) is 22.8 Å². The van der Waals surface area contributed by atoms with E-state index in [2.05, 4.69) is 0 Å². The summed E-state index contributed by atoms with van der Waals surface area (Å²) in [5.41, 5.74) is 0. The quantitative estimate of drug-likeness (QED) is 0.725. The Balaban J connectivity index is 1.49. The smallest absolute Gasteiger partial charge is 0.289 e. The summed E-state index contributed by atoms with van der Waals surface area (Å²) in [5, 5.41) is -0.178. The molecule has 26 heavy (non-hydrogen) atoms. The van der Waals surface area contributed by atoms with Gasteiger partial charge in [-0.05, 0) is 31.4 Å². The number of furan rings is 1. The van der Waals surface area contributed by atoms with Crippen LogP contribution in [0.2, 0.25) is 0 Å². The van der Waals surface area contributed by atoms with E-state index in [1.54, 1.807) is 0 Å². The number of hydrogen-bond acceptors (Lipinski definition) is 6. The molecule has 1 aliphatic carbocycles. The Bertz CT molecular complexity index is 745. The largest absolute Gasteiger partial charge is 0.438 e. The third kappa shape index (κ3) is 3.66. The van der Waals surface area contributed by atoms with Gasteiger partial charge in [-0.2, -0.15) is 4.31 Å². The van der Waals surface area contributed by atoms with Crippen LogP contribution < -0.4 is 0 Å². The molecule has 1 aromatic heterocycles. The Morgan fingerprint density at radius 3 is 2.54 bits per heavy atom. The van der Waals surface area contributed by atoms with E-state index in [1.165, 1.54) is 16.4 Å². The molecule has 0 spiro atoms. The molecular weight excluding hydrogens is 360 g/mol. The fourth-order valence-electron chi connectivity index (χ4n) is 3.42. The fourth-order valence-corrected chi connectivity index (χ4v) is 4.74. The summed E-state index contributed by atoms with van der Waals surface area (Å²) in [4.78, 5) is 14.7. The number of hydrogen-bond donors (Lipinski definition) is 0. The van der Waals surface area contributed by atoms with Gasteiger partial charge in [0.05, 0.1) is 19.8 Å². The molecule has 3 heterocycles. The van der Waals surface area contributed by atoms with Crippen molar-refractivity contribution in [2.24, 2.45) is 5.92 Å². The van der Waals surface area contributed by atoms with Gasteiger partial charge in [0.15, 0.2) is 5.76 Å². The van der Waals surface area contributed by atoms with E-state index in [0.29, 0.717) is 45.4 Å². The van der Waals surface area contributed by atoms with E-state index in [4.69, 9.17) is 13.9 Å². The highest BCUT2D eigenvalue weighted by Crippen LogP contribution is 2.31. The Morgan fingerprint density at radius 2 is 1.88 bits per heavy atom. The first-order chi connectivity index (χ1) is 12.6. The molecule has 3 aliphatic rings. The number of nitrogens with zero attached hydrogens (tertiary/aromatic N) is 2. The third-order valence-electron chi connectivity index (χ3n) is 5.08. The SMILES string of the molecule is O=C(c1ccc(S(=O)(=O)N2CCOCC2)o1)N(CC1CCOC1)C1CC1. The molecule has 4 rings (SSSR count). The van der Waals surface area contributed by atoms with E-state index >= 15 is 0 Å². The second-order valence-corrected chi connectivity index (χ2v) is 8.92. The van der Waals surface area contributed by atoms with Crippen LogP contribution in [0.3, 0.4) is 0 Å². The lowest BCUT2D eigenvalue weighted by molar-refractivity contribution is 0.0662. The van der Waals surface area contributed by atoms with Gasteiger partial charge in [0, 0.05) is 38.2 Å². The van der Waals surface area contributed by atoms with Gasteiger partial charge in [0.25, 0.3) is 15.9 Å². The minimum atomic E-state index is -3.73. The molecule has 3 fully saturated rings. The standard InChI is InChI=1S/C17H24N2O6S/c20-17(19(14-1-2-14)11-13-5-8-24-12-13)15-3-4-16(25-15)26(21,22)18-6-9-23-10-7-18/h3-4,13-14H,1-2,5-12H2. The third-order valence-corrected chi connectivity index (χ3v) is 6.86. The minimum absolute atomic E-state index is 0.0858. The van der Waals surface area contributed by atoms with E-state index in [9.17, 15) is 13.2 Å². The van der Waals surface area contributed by atoms with Crippen LogP contribution in [-0.2, 0) is 19.5 Å². The van der Waals surface area contributed by atoms with E-state index in [1.807, 2.05) is 4.90 Å². The first-order valence-corrected chi connectivity index (χ1v) is 10.6. The molecule has 0 bridgehead atoms. The van der Waals surface area contributed by atoms with Gasteiger partial charge >= 0.3 is 0 Å². The first kappa shape index (κ1) is 18.0. The van der Waals surface area contributed by atoms with Crippen LogP contribution >= 0.6 is 0 Å². The molecule has 1 unspecified atom stereocenters. The van der Waals surface area contributed by atoms with E-state index < -0.39 is 10.0 Å². The summed E-state index contributed by atoms with van der Waals surface area (Å²) >= 11 is 0. The van der Waals surface area contributed by atoms with Crippen LogP contribution in [0, 0.1) is 5.92 Å². The van der Waals surface area contributed by atoms with Crippen molar-refractivity contribution in [2.45, 2.75) is 30.4 Å². The molecule has 1 aromatic rings. The molecule has 9 heteroatoms. The molecule has 1 amide bonds. The lowest BCUT2D eigenvalue weighted by Gasteiger charge is -2.25. The molecular formula is C17H24N2O6S. The lowest BCUT2D eigenvalue weighted by atomic mass is 10.1. The van der Waals surface area contributed by atoms with Crippen molar-refractivity contribution >= 4 is 15.9 Å². The number of rotatable bonds is 6. The fraction of sp³-hybridized carbons (Fsp3) is 0.706. The summed E-state index contributed by atoms with van der Waals surface area (Å²) < 4.78 is 42.7. The molecule has 2 saturated heterocycles. The molecule has 0 radical (unpaired) electrons. The summed E-state index contributed by atoms with van der Waals surface area (Å²) in [7, 11) is -3.73. The van der Waals surface area contributed by atoms with Crippen molar-refractivity contribution in [3.8, 4) is 0 Å². The minimum Gasteiger partial charge on any atom is -0.438 e. The van der Waals surface area contributed by atoms with Crippen LogP contribution in [0.5, 0.6) is 0 Å². The second kappa shape index (κ2) is 7.30. The predicted molar refractivity (Wildman–Crippen MR) is 91.3 cm³/mol. The zero-order valence-electron chi connectivity index (χ0n) is 14.6. The average molecular weight is 384 g/mol. The van der Waals surface area contributed by atoms with Crippen molar-refractivity contribution < 1.29 is 27.1 Å². The highest BCUT2D eigenvalue weighted by atomic mass is 32.2. The van der Waals surface area contributed by atoms with Crippen molar-refractivity contribution in [1.29, 1.82) is 0 Å². The van der Waals surface area contributed by atoms with Gasteiger partial charge in [-0.1, -0.05) is 0 Å². The molecule has 1 atom stereocenters. The monoisotopic (exact) mass is 384 g/mol. The molecule has 1 saturated carbocycles. The number of ether oxygens (including phenoxy) is 2. The van der Waals surface area contributed by atoms with Crippen molar-refractivity contribution in [3.63, 3.8) is 0 Å². The van der Waals surface area contributed by atoms with Crippen LogP contribution in [0.1, 0.15) is 29.8 Å². The van der Waals surface area contributed by atoms with Gasteiger partial charge in [-0.15, -0.1) is 0 Å². The van der Waals surface area contributed by atoms with Gasteiger partial charge in [-0.25, -0.2) is 8.42 Å². The zero-order valence-corrected chi connectivity index (χ0v) is 15.4. The normalized spacial score (nSPS) is 24.7. The highest BCUT2D eigenvalue weighted by molar-refractivity contribution is 7.89. The van der Waals surface area contributed by atoms with Crippen molar-refractivity contribution in [1.82, 2.24) is 9.21 Å². The highest BCUT2D eigenvalue weighted by Gasteiger charge is 2.37. The summed E-state index contributed by atoms with van der Waals surface area (Å²) in [5.74, 6) is 0.191. The van der Waals surface area contributed by atoms with Gasteiger partial charge in [-0.3, -0.25) is 4.79 Å². The summed E-state index contributed by atoms with van der Waals surface area (Å²) in [6, 6.07) is 3.07. The topological polar surface area (TPSA) is 89.3 Å². The Hall–Kier alpha value is -1.42. The Labute approximate surface area is 153 Å². The zero-order chi connectivity index (χ0) is 18.1. The average Bonchev–Trinajstić information content (AvgIpc) is 3.14. The van der Waals surface area contributed by atoms with Gasteiger partial charge in [0.1, 0.15) is 0 Å². The van der Waals surface area contributed by atoms with Gasteiger partial charge < -0.3 is 18.8 Å². The maximum absolute atomic E-state index is 12.9. The summed E-state index contributed by atoms with van der Waals surface area (Å²) in [6.45, 7) is 3.36. The molecule has 2 aliphatic heterocycles. The van der Waals surface area contributed by atoms with Crippen LogP contribution in [0.15, 0.2) is 21.6 Å². The van der Waals surface area contributed by atoms with Crippen LogP contribution in [0.25, 0.3) is 0 Å². The first-order valence-electron chi connectivity index (χ1n) is 9.12. The second-order valence-electron chi connectivity index (χ2n) is 7.05. The number of sulfonamides is 1. The van der Waals surface area contributed by atoms with Crippen LogP contribution in [0.4, 0.5) is 0 Å². The lowest BCUT2D eigenvalue weighted by Crippen LogP contribution is -2.40. The Morgan fingerprint density at radius 1 is 1.12 bits per heavy atom. The summed E-state index contributed by atoms with van der Waals surface area (Å²) in [6.07, 6.45) is 2.92. The van der Waals surface area contributed by atoms with Gasteiger partial charge in [0.2, 0.25) is 5.09 Å².